The summed E-state index contributed by atoms with van der Waals surface area (Å²) in [5, 5.41) is 0. The molecule has 0 saturated heterocycles. The molecule has 0 radical (unpaired) electrons. The van der Waals surface area contributed by atoms with Crippen LogP contribution in [0.2, 0.25) is 0 Å². The summed E-state index contributed by atoms with van der Waals surface area (Å²) in [5.41, 5.74) is 8.92. The second kappa shape index (κ2) is 3.70. The van der Waals surface area contributed by atoms with Crippen LogP contribution in [0.25, 0.3) is 11.3 Å². The van der Waals surface area contributed by atoms with Crippen molar-refractivity contribution in [2.24, 2.45) is 7.05 Å². The minimum Gasteiger partial charge on any atom is -0.369 e. The molecule has 78 valence electrons. The molecule has 1 aromatic carbocycles. The molecule has 1 aromatic heterocycles. The van der Waals surface area contributed by atoms with Crippen LogP contribution in [-0.2, 0) is 7.05 Å². The second-order valence-electron chi connectivity index (χ2n) is 3.54. The number of nitrogen functional groups attached to an aromatic ring is 1. The summed E-state index contributed by atoms with van der Waals surface area (Å²) in [7, 11) is 1.88. The van der Waals surface area contributed by atoms with E-state index in [1.807, 2.05) is 23.7 Å². The van der Waals surface area contributed by atoms with Crippen molar-refractivity contribution in [2.45, 2.75) is 6.92 Å². The Morgan fingerprint density at radius 1 is 1.40 bits per heavy atom. The second-order valence-corrected chi connectivity index (χ2v) is 4.29. The van der Waals surface area contributed by atoms with Gasteiger partial charge in [0, 0.05) is 12.6 Å². The molecule has 0 amide bonds. The van der Waals surface area contributed by atoms with E-state index in [1.165, 1.54) is 5.56 Å². The number of imidazole rings is 1. The standard InChI is InChI=1S/C11H12BrN3/c1-7-4-3-5-8(6-7)9-10(12)15(2)11(13)14-9/h3-6H,1-2H3,(H2,13,14). The van der Waals surface area contributed by atoms with Crippen molar-refractivity contribution >= 4 is 21.9 Å². The lowest BCUT2D eigenvalue weighted by atomic mass is 10.1. The van der Waals surface area contributed by atoms with E-state index in [1.54, 1.807) is 0 Å². The van der Waals surface area contributed by atoms with Crippen LogP contribution in [0.1, 0.15) is 5.56 Å². The van der Waals surface area contributed by atoms with Gasteiger partial charge in [-0.1, -0.05) is 23.8 Å². The van der Waals surface area contributed by atoms with Crippen molar-refractivity contribution in [1.82, 2.24) is 9.55 Å². The van der Waals surface area contributed by atoms with Gasteiger partial charge < -0.3 is 10.3 Å². The third-order valence-electron chi connectivity index (χ3n) is 2.35. The third kappa shape index (κ3) is 1.77. The Morgan fingerprint density at radius 2 is 2.13 bits per heavy atom. The highest BCUT2D eigenvalue weighted by molar-refractivity contribution is 9.10. The largest absolute Gasteiger partial charge is 0.369 e. The molecule has 0 unspecified atom stereocenters. The Morgan fingerprint density at radius 3 is 2.67 bits per heavy atom. The SMILES string of the molecule is Cc1cccc(-c2nc(N)n(C)c2Br)c1. The molecule has 0 aliphatic carbocycles. The van der Waals surface area contributed by atoms with E-state index >= 15 is 0 Å². The van der Waals surface area contributed by atoms with E-state index in [4.69, 9.17) is 5.73 Å². The monoisotopic (exact) mass is 265 g/mol. The van der Waals surface area contributed by atoms with Crippen LogP contribution in [0.3, 0.4) is 0 Å². The smallest absolute Gasteiger partial charge is 0.201 e. The predicted octanol–water partition coefficient (Wildman–Crippen LogP) is 2.74. The third-order valence-corrected chi connectivity index (χ3v) is 3.26. The Kier molecular flexibility index (Phi) is 2.52. The van der Waals surface area contributed by atoms with Crippen LogP contribution in [0.5, 0.6) is 0 Å². The molecule has 0 aliphatic heterocycles. The topological polar surface area (TPSA) is 43.8 Å². The molecule has 2 N–H and O–H groups in total. The molecule has 0 atom stereocenters. The lowest BCUT2D eigenvalue weighted by Crippen LogP contribution is -1.96. The first-order valence-electron chi connectivity index (χ1n) is 4.64. The van der Waals surface area contributed by atoms with Gasteiger partial charge >= 0.3 is 0 Å². The first kappa shape index (κ1) is 10.2. The summed E-state index contributed by atoms with van der Waals surface area (Å²) in [6, 6.07) is 8.19. The van der Waals surface area contributed by atoms with Crippen molar-refractivity contribution in [3.63, 3.8) is 0 Å². The zero-order valence-electron chi connectivity index (χ0n) is 8.66. The number of halogens is 1. The normalized spacial score (nSPS) is 10.6. The van der Waals surface area contributed by atoms with E-state index < -0.39 is 0 Å². The minimum atomic E-state index is 0.512. The van der Waals surface area contributed by atoms with Crippen molar-refractivity contribution in [2.75, 3.05) is 5.73 Å². The number of aromatic nitrogens is 2. The van der Waals surface area contributed by atoms with Gasteiger partial charge in [-0.15, -0.1) is 0 Å². The van der Waals surface area contributed by atoms with Crippen LogP contribution >= 0.6 is 15.9 Å². The van der Waals surface area contributed by atoms with Crippen molar-refractivity contribution in [1.29, 1.82) is 0 Å². The maximum absolute atomic E-state index is 5.74. The van der Waals surface area contributed by atoms with Gasteiger partial charge in [-0.3, -0.25) is 0 Å². The Hall–Kier alpha value is -1.29. The molecule has 1 heterocycles. The van der Waals surface area contributed by atoms with Crippen LogP contribution in [0, 0.1) is 6.92 Å². The van der Waals surface area contributed by atoms with Crippen molar-refractivity contribution in [3.8, 4) is 11.3 Å². The Balaban J connectivity index is 2.59. The van der Waals surface area contributed by atoms with Crippen molar-refractivity contribution in [3.05, 3.63) is 34.4 Å². The van der Waals surface area contributed by atoms with Crippen LogP contribution < -0.4 is 5.73 Å². The summed E-state index contributed by atoms with van der Waals surface area (Å²) < 4.78 is 2.73. The Labute approximate surface area is 97.1 Å². The highest BCUT2D eigenvalue weighted by Crippen LogP contribution is 2.29. The van der Waals surface area contributed by atoms with E-state index in [2.05, 4.69) is 40.0 Å². The molecule has 15 heavy (non-hydrogen) atoms. The zero-order chi connectivity index (χ0) is 11.0. The molecule has 4 heteroatoms. The number of rotatable bonds is 1. The van der Waals surface area contributed by atoms with E-state index in [9.17, 15) is 0 Å². The fourth-order valence-corrected chi connectivity index (χ4v) is 1.97. The molecule has 2 rings (SSSR count). The minimum absolute atomic E-state index is 0.512. The lowest BCUT2D eigenvalue weighted by Gasteiger charge is -2.00. The average molecular weight is 266 g/mol. The number of nitrogens with zero attached hydrogens (tertiary/aromatic N) is 2. The fourth-order valence-electron chi connectivity index (χ4n) is 1.47. The molecular weight excluding hydrogens is 254 g/mol. The summed E-state index contributed by atoms with van der Waals surface area (Å²) in [6.07, 6.45) is 0. The number of anilines is 1. The van der Waals surface area contributed by atoms with Gasteiger partial charge in [0.15, 0.2) is 0 Å². The van der Waals surface area contributed by atoms with Crippen molar-refractivity contribution < 1.29 is 0 Å². The van der Waals surface area contributed by atoms with E-state index in [-0.39, 0.29) is 0 Å². The summed E-state index contributed by atoms with van der Waals surface area (Å²) in [4.78, 5) is 4.31. The molecule has 0 spiro atoms. The summed E-state index contributed by atoms with van der Waals surface area (Å²) in [5.74, 6) is 0.512. The molecule has 0 saturated carbocycles. The predicted molar refractivity (Wildman–Crippen MR) is 65.5 cm³/mol. The number of hydrogen-bond acceptors (Lipinski definition) is 2. The molecular formula is C11H12BrN3. The highest BCUT2D eigenvalue weighted by Gasteiger charge is 2.11. The lowest BCUT2D eigenvalue weighted by molar-refractivity contribution is 0.907. The van der Waals surface area contributed by atoms with Gasteiger partial charge in [0.05, 0.1) is 0 Å². The first-order valence-corrected chi connectivity index (χ1v) is 5.43. The van der Waals surface area contributed by atoms with Gasteiger partial charge in [0.2, 0.25) is 5.95 Å². The van der Waals surface area contributed by atoms with E-state index in [0.29, 0.717) is 5.95 Å². The van der Waals surface area contributed by atoms with Gasteiger partial charge in [-0.05, 0) is 28.9 Å². The fraction of sp³-hybridized carbons (Fsp3) is 0.182. The summed E-state index contributed by atoms with van der Waals surface area (Å²) >= 11 is 3.48. The number of hydrogen-bond donors (Lipinski definition) is 1. The highest BCUT2D eigenvalue weighted by atomic mass is 79.9. The van der Waals surface area contributed by atoms with Gasteiger partial charge in [0.1, 0.15) is 10.3 Å². The molecule has 0 bridgehead atoms. The van der Waals surface area contributed by atoms with Gasteiger partial charge in [-0.2, -0.15) is 0 Å². The number of nitrogens with two attached hydrogens (primary N) is 1. The molecule has 0 aliphatic rings. The Bertz CT molecular complexity index is 503. The van der Waals surface area contributed by atoms with E-state index in [0.717, 1.165) is 15.9 Å². The van der Waals surface area contributed by atoms with Gasteiger partial charge in [0.25, 0.3) is 0 Å². The van der Waals surface area contributed by atoms with Gasteiger partial charge in [-0.25, -0.2) is 4.98 Å². The maximum atomic E-state index is 5.74. The van der Waals surface area contributed by atoms with Crippen LogP contribution in [0.15, 0.2) is 28.9 Å². The van der Waals surface area contributed by atoms with Crippen LogP contribution in [-0.4, -0.2) is 9.55 Å². The quantitative estimate of drug-likeness (QED) is 0.862. The van der Waals surface area contributed by atoms with Crippen LogP contribution in [0.4, 0.5) is 5.95 Å². The molecule has 3 nitrogen and oxygen atoms in total. The zero-order valence-corrected chi connectivity index (χ0v) is 10.2. The number of benzene rings is 1. The molecule has 0 fully saturated rings. The molecule has 2 aromatic rings. The average Bonchev–Trinajstić information content (AvgIpc) is 2.46. The number of aryl methyl sites for hydroxylation is 1. The summed E-state index contributed by atoms with van der Waals surface area (Å²) in [6.45, 7) is 2.06. The first-order chi connectivity index (χ1) is 7.09. The maximum Gasteiger partial charge on any atom is 0.201 e.